The lowest BCUT2D eigenvalue weighted by atomic mass is 9.99. The van der Waals surface area contributed by atoms with E-state index in [0.717, 1.165) is 39.7 Å². The van der Waals surface area contributed by atoms with Gasteiger partial charge in [-0.3, -0.25) is 0 Å². The van der Waals surface area contributed by atoms with Crippen LogP contribution >= 0.6 is 11.3 Å². The van der Waals surface area contributed by atoms with E-state index in [4.69, 9.17) is 4.74 Å². The molecule has 1 aliphatic heterocycles. The van der Waals surface area contributed by atoms with E-state index in [9.17, 15) is 8.42 Å². The van der Waals surface area contributed by atoms with Gasteiger partial charge < -0.3 is 4.74 Å². The smallest absolute Gasteiger partial charge is 0.236 e. The molecule has 1 aromatic heterocycles. The summed E-state index contributed by atoms with van der Waals surface area (Å²) < 4.78 is 32.3. The highest BCUT2D eigenvalue weighted by molar-refractivity contribution is 7.92. The maximum atomic E-state index is 12.7. The molecule has 0 saturated carbocycles. The van der Waals surface area contributed by atoms with Crippen LogP contribution in [0.25, 0.3) is 16.6 Å². The molecule has 2 heterocycles. The first-order valence-corrected chi connectivity index (χ1v) is 12.1. The summed E-state index contributed by atoms with van der Waals surface area (Å²) in [5, 5.41) is 11.8. The molecule has 2 aromatic carbocycles. The lowest BCUT2D eigenvalue weighted by Crippen LogP contribution is -2.36. The van der Waals surface area contributed by atoms with Crippen molar-refractivity contribution in [2.45, 2.75) is 18.8 Å². The molecule has 0 bridgehead atoms. The molecule has 0 radical (unpaired) electrons. The van der Waals surface area contributed by atoms with Crippen molar-refractivity contribution in [3.63, 3.8) is 0 Å². The van der Waals surface area contributed by atoms with Gasteiger partial charge in [-0.25, -0.2) is 8.42 Å². The number of methoxy groups -OCH3 is 1. The van der Waals surface area contributed by atoms with Crippen LogP contribution in [-0.4, -0.2) is 43.1 Å². The lowest BCUT2D eigenvalue weighted by molar-refractivity contribution is 0.322. The van der Waals surface area contributed by atoms with Crippen molar-refractivity contribution < 1.29 is 13.2 Å². The number of para-hydroxylation sites is 1. The number of nitrogens with zero attached hydrogens (tertiary/aromatic N) is 3. The number of aromatic nitrogens is 2. The summed E-state index contributed by atoms with van der Waals surface area (Å²) in [6.07, 6.45) is 3.11. The average molecular weight is 442 g/mol. The maximum Gasteiger partial charge on any atom is 0.236 e. The second-order valence-corrected chi connectivity index (χ2v) is 9.91. The highest BCUT2D eigenvalue weighted by Crippen LogP contribution is 2.37. The molecular weight excluding hydrogens is 418 g/mol. The Kier molecular flexibility index (Phi) is 6.26. The maximum absolute atomic E-state index is 12.7. The van der Waals surface area contributed by atoms with Gasteiger partial charge in [0.2, 0.25) is 10.0 Å². The fourth-order valence-corrected chi connectivity index (χ4v) is 5.77. The summed E-state index contributed by atoms with van der Waals surface area (Å²) in [4.78, 5) is 0. The Hall–Kier alpha value is -2.55. The fraction of sp³-hybridized carbons (Fsp3) is 0.273. The van der Waals surface area contributed by atoms with Gasteiger partial charge >= 0.3 is 0 Å². The summed E-state index contributed by atoms with van der Waals surface area (Å²) in [7, 11) is -1.79. The topological polar surface area (TPSA) is 72.4 Å². The molecule has 0 unspecified atom stereocenters. The van der Waals surface area contributed by atoms with Gasteiger partial charge in [0.05, 0.1) is 12.7 Å². The molecule has 0 atom stereocenters. The molecule has 8 heteroatoms. The Morgan fingerprint density at radius 1 is 1.03 bits per heavy atom. The van der Waals surface area contributed by atoms with E-state index >= 15 is 0 Å². The van der Waals surface area contributed by atoms with Crippen molar-refractivity contribution in [2.75, 3.05) is 20.2 Å². The van der Waals surface area contributed by atoms with E-state index in [0.29, 0.717) is 13.1 Å². The van der Waals surface area contributed by atoms with Gasteiger partial charge in [-0.05, 0) is 36.6 Å². The number of sulfonamides is 1. The molecule has 1 saturated heterocycles. The van der Waals surface area contributed by atoms with Crippen LogP contribution in [0.2, 0.25) is 0 Å². The van der Waals surface area contributed by atoms with E-state index in [1.807, 2.05) is 54.6 Å². The van der Waals surface area contributed by atoms with Crippen LogP contribution in [0, 0.1) is 0 Å². The quantitative estimate of drug-likeness (QED) is 0.567. The van der Waals surface area contributed by atoms with E-state index in [-0.39, 0.29) is 5.92 Å². The number of rotatable bonds is 6. The van der Waals surface area contributed by atoms with Crippen LogP contribution in [0.1, 0.15) is 29.3 Å². The predicted molar refractivity (Wildman–Crippen MR) is 120 cm³/mol. The second kappa shape index (κ2) is 9.07. The van der Waals surface area contributed by atoms with E-state index in [2.05, 4.69) is 10.2 Å². The summed E-state index contributed by atoms with van der Waals surface area (Å²) in [5.41, 5.74) is 1.79. The van der Waals surface area contributed by atoms with Crippen molar-refractivity contribution >= 4 is 27.4 Å². The van der Waals surface area contributed by atoms with Gasteiger partial charge in [0.25, 0.3) is 0 Å². The monoisotopic (exact) mass is 441 g/mol. The third kappa shape index (κ3) is 4.61. The van der Waals surface area contributed by atoms with Crippen LogP contribution in [-0.2, 0) is 10.0 Å². The zero-order valence-electron chi connectivity index (χ0n) is 16.6. The molecular formula is C22H23N3O3S2. The first-order valence-electron chi connectivity index (χ1n) is 9.77. The minimum Gasteiger partial charge on any atom is -0.496 e. The van der Waals surface area contributed by atoms with Crippen molar-refractivity contribution in [2.24, 2.45) is 0 Å². The summed E-state index contributed by atoms with van der Waals surface area (Å²) in [6, 6.07) is 17.2. The Morgan fingerprint density at radius 2 is 1.73 bits per heavy atom. The SMILES string of the molecule is COc1ccccc1-c1nnc(C2CCN(S(=O)(=O)/C=C/c3ccccc3)CC2)s1. The Morgan fingerprint density at radius 3 is 2.47 bits per heavy atom. The van der Waals surface area contributed by atoms with Gasteiger partial charge in [-0.1, -0.05) is 53.8 Å². The number of piperidine rings is 1. The van der Waals surface area contributed by atoms with E-state index < -0.39 is 10.0 Å². The minimum atomic E-state index is -3.43. The molecule has 0 aliphatic carbocycles. The molecule has 30 heavy (non-hydrogen) atoms. The van der Waals surface area contributed by atoms with Crippen molar-refractivity contribution in [3.05, 3.63) is 70.6 Å². The highest BCUT2D eigenvalue weighted by Gasteiger charge is 2.29. The molecule has 4 rings (SSSR count). The molecule has 1 aliphatic rings. The van der Waals surface area contributed by atoms with Gasteiger partial charge in [0.15, 0.2) is 5.01 Å². The third-order valence-corrected chi connectivity index (χ3v) is 7.86. The Balaban J connectivity index is 1.41. The number of hydrogen-bond donors (Lipinski definition) is 0. The van der Waals surface area contributed by atoms with Gasteiger partial charge in [-0.15, -0.1) is 10.2 Å². The van der Waals surface area contributed by atoms with Crippen LogP contribution in [0.3, 0.4) is 0 Å². The van der Waals surface area contributed by atoms with Crippen LogP contribution < -0.4 is 4.74 Å². The third-order valence-electron chi connectivity index (χ3n) is 5.17. The molecule has 1 fully saturated rings. The van der Waals surface area contributed by atoms with Crippen molar-refractivity contribution in [1.82, 2.24) is 14.5 Å². The standard InChI is InChI=1S/C22H23N3O3S2/c1-28-20-10-6-5-9-19(20)22-24-23-21(29-22)18-11-14-25(15-12-18)30(26,27)16-13-17-7-3-2-4-8-17/h2-10,13,16,18H,11-12,14-15H2,1H3/b16-13+. The molecule has 0 spiro atoms. The highest BCUT2D eigenvalue weighted by atomic mass is 32.2. The van der Waals surface area contributed by atoms with Crippen molar-refractivity contribution in [1.29, 1.82) is 0 Å². The summed E-state index contributed by atoms with van der Waals surface area (Å²) in [6.45, 7) is 0.964. The second-order valence-electron chi connectivity index (χ2n) is 7.08. The largest absolute Gasteiger partial charge is 0.496 e. The van der Waals surface area contributed by atoms with Gasteiger partial charge in [-0.2, -0.15) is 4.31 Å². The fourth-order valence-electron chi connectivity index (χ4n) is 3.50. The molecule has 3 aromatic rings. The van der Waals surface area contributed by atoms with Crippen LogP contribution in [0.15, 0.2) is 60.0 Å². The molecule has 6 nitrogen and oxygen atoms in total. The Labute approximate surface area is 180 Å². The Bertz CT molecular complexity index is 1120. The van der Waals surface area contributed by atoms with E-state index in [1.54, 1.807) is 28.8 Å². The molecule has 0 N–H and O–H groups in total. The summed E-state index contributed by atoms with van der Waals surface area (Å²) >= 11 is 1.55. The van der Waals surface area contributed by atoms with Crippen molar-refractivity contribution in [3.8, 4) is 16.3 Å². The minimum absolute atomic E-state index is 0.218. The number of benzene rings is 2. The van der Waals surface area contributed by atoms with Crippen LogP contribution in [0.4, 0.5) is 0 Å². The lowest BCUT2D eigenvalue weighted by Gasteiger charge is -2.29. The predicted octanol–water partition coefficient (Wildman–Crippen LogP) is 4.39. The van der Waals surface area contributed by atoms with Crippen LogP contribution in [0.5, 0.6) is 5.75 Å². The first kappa shape index (κ1) is 20.7. The zero-order valence-corrected chi connectivity index (χ0v) is 18.3. The first-order chi connectivity index (χ1) is 14.6. The molecule has 0 amide bonds. The summed E-state index contributed by atoms with van der Waals surface area (Å²) in [5.74, 6) is 0.988. The molecule has 156 valence electrons. The zero-order chi connectivity index (χ0) is 21.0. The van der Waals surface area contributed by atoms with E-state index in [1.165, 1.54) is 5.41 Å². The number of hydrogen-bond acceptors (Lipinski definition) is 6. The van der Waals surface area contributed by atoms with Gasteiger partial charge in [0, 0.05) is 24.4 Å². The van der Waals surface area contributed by atoms with Gasteiger partial charge in [0.1, 0.15) is 10.8 Å². The normalized spacial score (nSPS) is 16.2. The average Bonchev–Trinajstić information content (AvgIpc) is 3.29. The number of ether oxygens (including phenoxy) is 1.